The molecule has 6 nitrogen and oxygen atoms in total. The normalized spacial score (nSPS) is 23.2. The molecule has 0 saturated carbocycles. The molecule has 1 amide bonds. The summed E-state index contributed by atoms with van der Waals surface area (Å²) < 4.78 is 32.2. The molecule has 1 aromatic carbocycles. The Balaban J connectivity index is 1.74. The van der Waals surface area contributed by atoms with Gasteiger partial charge in [0.25, 0.3) is 5.91 Å². The minimum Gasteiger partial charge on any atom is -0.375 e. The van der Waals surface area contributed by atoms with Crippen molar-refractivity contribution in [1.29, 1.82) is 0 Å². The van der Waals surface area contributed by atoms with Crippen molar-refractivity contribution in [2.24, 2.45) is 0 Å². The minimum absolute atomic E-state index is 0.0291. The summed E-state index contributed by atoms with van der Waals surface area (Å²) in [6, 6.07) is 6.31. The first kappa shape index (κ1) is 17.4. The Morgan fingerprint density at radius 1 is 1.08 bits per heavy atom. The third-order valence-electron chi connectivity index (χ3n) is 4.58. The predicted octanol–water partition coefficient (Wildman–Crippen LogP) is 1.72. The highest BCUT2D eigenvalue weighted by Crippen LogP contribution is 2.21. The first-order valence-corrected chi connectivity index (χ1v) is 9.93. The van der Waals surface area contributed by atoms with Gasteiger partial charge in [-0.2, -0.15) is 4.31 Å². The second-order valence-corrected chi connectivity index (χ2v) is 8.36. The topological polar surface area (TPSA) is 66.9 Å². The molecule has 2 aliphatic heterocycles. The van der Waals surface area contributed by atoms with Crippen LogP contribution in [0.25, 0.3) is 0 Å². The zero-order valence-corrected chi connectivity index (χ0v) is 14.8. The largest absolute Gasteiger partial charge is 0.375 e. The first-order valence-electron chi connectivity index (χ1n) is 8.49. The second kappa shape index (κ2) is 7.21. The van der Waals surface area contributed by atoms with Crippen molar-refractivity contribution in [2.75, 3.05) is 32.8 Å². The van der Waals surface area contributed by atoms with Crippen LogP contribution < -0.4 is 0 Å². The molecule has 0 N–H and O–H groups in total. The number of rotatable bonds is 3. The van der Waals surface area contributed by atoms with E-state index >= 15 is 0 Å². The lowest BCUT2D eigenvalue weighted by Crippen LogP contribution is -2.44. The predicted molar refractivity (Wildman–Crippen MR) is 90.4 cm³/mol. The van der Waals surface area contributed by atoms with Crippen LogP contribution in [-0.2, 0) is 14.8 Å². The van der Waals surface area contributed by atoms with Gasteiger partial charge >= 0.3 is 0 Å². The molecule has 3 rings (SSSR count). The number of piperidine rings is 1. The van der Waals surface area contributed by atoms with Crippen LogP contribution in [0.3, 0.4) is 0 Å². The van der Waals surface area contributed by atoms with Gasteiger partial charge in [0.1, 0.15) is 0 Å². The SMILES string of the molecule is C[C@@H]1CN(C(=O)c2ccc(S(=O)(=O)N3CCCCC3)cc2)CCO1. The van der Waals surface area contributed by atoms with Crippen LogP contribution in [-0.4, -0.2) is 62.4 Å². The summed E-state index contributed by atoms with van der Waals surface area (Å²) >= 11 is 0. The van der Waals surface area contributed by atoms with Gasteiger partial charge in [-0.25, -0.2) is 8.42 Å². The molecule has 0 radical (unpaired) electrons. The van der Waals surface area contributed by atoms with Crippen molar-refractivity contribution >= 4 is 15.9 Å². The van der Waals surface area contributed by atoms with E-state index < -0.39 is 10.0 Å². The molecule has 24 heavy (non-hydrogen) atoms. The maximum Gasteiger partial charge on any atom is 0.254 e. The zero-order valence-electron chi connectivity index (χ0n) is 14.0. The van der Waals surface area contributed by atoms with E-state index in [0.717, 1.165) is 19.3 Å². The average Bonchev–Trinajstić information content (AvgIpc) is 2.62. The van der Waals surface area contributed by atoms with E-state index in [1.807, 2.05) is 6.92 Å². The number of sulfonamides is 1. The van der Waals surface area contributed by atoms with Crippen LogP contribution in [0.1, 0.15) is 36.5 Å². The molecule has 7 heteroatoms. The third kappa shape index (κ3) is 3.63. The van der Waals surface area contributed by atoms with E-state index in [1.165, 1.54) is 4.31 Å². The molecule has 2 saturated heterocycles. The van der Waals surface area contributed by atoms with Crippen LogP contribution in [0.2, 0.25) is 0 Å². The van der Waals surface area contributed by atoms with Crippen molar-refractivity contribution < 1.29 is 17.9 Å². The Hall–Kier alpha value is -1.44. The van der Waals surface area contributed by atoms with E-state index in [-0.39, 0.29) is 16.9 Å². The van der Waals surface area contributed by atoms with Crippen molar-refractivity contribution in [1.82, 2.24) is 9.21 Å². The van der Waals surface area contributed by atoms with Crippen LogP contribution in [0.15, 0.2) is 29.2 Å². The molecule has 2 heterocycles. The molecule has 0 aromatic heterocycles. The van der Waals surface area contributed by atoms with E-state index in [4.69, 9.17) is 4.74 Å². The van der Waals surface area contributed by atoms with Gasteiger partial charge in [0, 0.05) is 31.7 Å². The Kier molecular flexibility index (Phi) is 5.22. The van der Waals surface area contributed by atoms with Gasteiger partial charge in [0.15, 0.2) is 0 Å². The van der Waals surface area contributed by atoms with Crippen LogP contribution in [0.4, 0.5) is 0 Å². The second-order valence-electron chi connectivity index (χ2n) is 6.42. The number of amides is 1. The van der Waals surface area contributed by atoms with Crippen molar-refractivity contribution in [3.63, 3.8) is 0 Å². The summed E-state index contributed by atoms with van der Waals surface area (Å²) in [5, 5.41) is 0. The summed E-state index contributed by atoms with van der Waals surface area (Å²) in [6.07, 6.45) is 2.93. The molecule has 0 spiro atoms. The number of ether oxygens (including phenoxy) is 1. The van der Waals surface area contributed by atoms with Gasteiger partial charge in [0.05, 0.1) is 17.6 Å². The number of carbonyl (C=O) groups excluding carboxylic acids is 1. The van der Waals surface area contributed by atoms with Crippen molar-refractivity contribution in [3.8, 4) is 0 Å². The molecular formula is C17H24N2O4S. The highest BCUT2D eigenvalue weighted by Gasteiger charge is 2.27. The number of morpholine rings is 1. The van der Waals surface area contributed by atoms with Gasteiger partial charge in [-0.15, -0.1) is 0 Å². The van der Waals surface area contributed by atoms with E-state index in [9.17, 15) is 13.2 Å². The monoisotopic (exact) mass is 352 g/mol. The van der Waals surface area contributed by atoms with Gasteiger partial charge in [-0.3, -0.25) is 4.79 Å². The van der Waals surface area contributed by atoms with E-state index in [0.29, 0.717) is 38.3 Å². The van der Waals surface area contributed by atoms with Gasteiger partial charge in [0.2, 0.25) is 10.0 Å². The summed E-state index contributed by atoms with van der Waals surface area (Å²) in [5.41, 5.74) is 0.515. The standard InChI is InChI=1S/C17H24N2O4S/c1-14-13-18(11-12-23-14)17(20)15-5-7-16(8-6-15)24(21,22)19-9-3-2-4-10-19/h5-8,14H,2-4,9-13H2,1H3/t14-/m1/s1. The van der Waals surface area contributed by atoms with E-state index in [2.05, 4.69) is 0 Å². The smallest absolute Gasteiger partial charge is 0.254 e. The van der Waals surface area contributed by atoms with Crippen molar-refractivity contribution in [3.05, 3.63) is 29.8 Å². The summed E-state index contributed by atoms with van der Waals surface area (Å²) in [5.74, 6) is -0.0768. The average molecular weight is 352 g/mol. The fourth-order valence-corrected chi connectivity index (χ4v) is 4.73. The molecule has 132 valence electrons. The van der Waals surface area contributed by atoms with Crippen LogP contribution in [0.5, 0.6) is 0 Å². The fraction of sp³-hybridized carbons (Fsp3) is 0.588. The molecule has 2 aliphatic rings. The lowest BCUT2D eigenvalue weighted by molar-refractivity contribution is -0.0124. The minimum atomic E-state index is -3.45. The number of nitrogens with zero attached hydrogens (tertiary/aromatic N) is 2. The summed E-state index contributed by atoms with van der Waals surface area (Å²) in [4.78, 5) is 14.5. The van der Waals surface area contributed by atoms with Gasteiger partial charge in [-0.05, 0) is 44.0 Å². The first-order chi connectivity index (χ1) is 11.5. The number of hydrogen-bond acceptors (Lipinski definition) is 4. The summed E-state index contributed by atoms with van der Waals surface area (Å²) in [7, 11) is -3.45. The zero-order chi connectivity index (χ0) is 17.2. The molecule has 0 aliphatic carbocycles. The van der Waals surface area contributed by atoms with Gasteiger partial charge < -0.3 is 9.64 Å². The third-order valence-corrected chi connectivity index (χ3v) is 6.50. The van der Waals surface area contributed by atoms with Gasteiger partial charge in [-0.1, -0.05) is 6.42 Å². The highest BCUT2D eigenvalue weighted by atomic mass is 32.2. The molecule has 2 fully saturated rings. The van der Waals surface area contributed by atoms with Crippen LogP contribution >= 0.6 is 0 Å². The number of carbonyl (C=O) groups is 1. The number of hydrogen-bond donors (Lipinski definition) is 0. The fourth-order valence-electron chi connectivity index (χ4n) is 3.21. The Bertz CT molecular complexity index is 681. The Morgan fingerprint density at radius 3 is 2.38 bits per heavy atom. The molecule has 0 bridgehead atoms. The lowest BCUT2D eigenvalue weighted by atomic mass is 10.2. The van der Waals surface area contributed by atoms with Crippen molar-refractivity contribution in [2.45, 2.75) is 37.2 Å². The number of benzene rings is 1. The quantitative estimate of drug-likeness (QED) is 0.831. The highest BCUT2D eigenvalue weighted by molar-refractivity contribution is 7.89. The molecule has 1 aromatic rings. The molecule has 0 unspecified atom stereocenters. The Labute approximate surface area is 143 Å². The lowest BCUT2D eigenvalue weighted by Gasteiger charge is -2.31. The summed E-state index contributed by atoms with van der Waals surface area (Å²) in [6.45, 7) is 4.76. The van der Waals surface area contributed by atoms with Crippen LogP contribution in [0, 0.1) is 0 Å². The molecule has 1 atom stereocenters. The Morgan fingerprint density at radius 2 is 1.75 bits per heavy atom. The molecular weight excluding hydrogens is 328 g/mol. The maximum absolute atomic E-state index is 12.6. The van der Waals surface area contributed by atoms with E-state index in [1.54, 1.807) is 29.2 Å². The maximum atomic E-state index is 12.6.